The van der Waals surface area contributed by atoms with Gasteiger partial charge >= 0.3 is 0 Å². The van der Waals surface area contributed by atoms with Crippen molar-refractivity contribution < 1.29 is 9.18 Å². The summed E-state index contributed by atoms with van der Waals surface area (Å²) in [6.45, 7) is 2.49. The second-order valence-electron chi connectivity index (χ2n) is 5.83. The number of amides is 1. The predicted molar refractivity (Wildman–Crippen MR) is 110 cm³/mol. The number of rotatable bonds is 6. The topological polar surface area (TPSA) is 64.0 Å². The van der Waals surface area contributed by atoms with Gasteiger partial charge in [0.2, 0.25) is 5.91 Å². The number of carbonyl (C=O) groups is 1. The van der Waals surface area contributed by atoms with E-state index in [4.69, 9.17) is 0 Å². The van der Waals surface area contributed by atoms with Crippen LogP contribution in [0.25, 0.3) is 10.9 Å². The highest BCUT2D eigenvalue weighted by atomic mass is 79.9. The molecule has 0 saturated carbocycles. The van der Waals surface area contributed by atoms with E-state index < -0.39 is 5.82 Å². The number of fused-ring (bicyclic) bond motifs is 1. The van der Waals surface area contributed by atoms with Crippen LogP contribution in [0.3, 0.4) is 0 Å². The molecule has 0 aliphatic heterocycles. The Bertz CT molecular complexity index is 1050. The first-order valence-corrected chi connectivity index (χ1v) is 10.1. The summed E-state index contributed by atoms with van der Waals surface area (Å²) in [4.78, 5) is 29.5. The molecule has 0 saturated heterocycles. The Labute approximate surface area is 168 Å². The minimum absolute atomic E-state index is 0.0179. The van der Waals surface area contributed by atoms with Crippen LogP contribution in [-0.4, -0.2) is 21.2 Å². The van der Waals surface area contributed by atoms with Gasteiger partial charge in [0.1, 0.15) is 5.82 Å². The average molecular weight is 450 g/mol. The molecule has 0 aliphatic carbocycles. The maximum Gasteiger partial charge on any atom is 0.262 e. The van der Waals surface area contributed by atoms with Gasteiger partial charge in [-0.25, -0.2) is 9.37 Å². The van der Waals surface area contributed by atoms with Gasteiger partial charge in [0.25, 0.3) is 5.56 Å². The number of nitrogens with zero attached hydrogens (tertiary/aromatic N) is 2. The first-order valence-electron chi connectivity index (χ1n) is 8.37. The van der Waals surface area contributed by atoms with Crippen LogP contribution >= 0.6 is 27.7 Å². The Hall–Kier alpha value is -2.19. The van der Waals surface area contributed by atoms with Crippen molar-refractivity contribution in [3.8, 4) is 0 Å². The third-order valence-corrected chi connectivity index (χ3v) is 5.28. The number of carbonyl (C=O) groups excluding carboxylic acids is 1. The smallest absolute Gasteiger partial charge is 0.262 e. The third-order valence-electron chi connectivity index (χ3n) is 3.81. The Kier molecular flexibility index (Phi) is 6.28. The van der Waals surface area contributed by atoms with E-state index in [0.717, 1.165) is 18.2 Å². The second kappa shape index (κ2) is 8.67. The molecule has 3 aromatic rings. The summed E-state index contributed by atoms with van der Waals surface area (Å²) in [5.41, 5.74) is 0.585. The fraction of sp³-hybridized carbons (Fsp3) is 0.211. The van der Waals surface area contributed by atoms with Crippen LogP contribution in [0.2, 0.25) is 0 Å². The number of para-hydroxylation sites is 1. The summed E-state index contributed by atoms with van der Waals surface area (Å²) >= 11 is 4.34. The minimum Gasteiger partial charge on any atom is -0.323 e. The first-order chi connectivity index (χ1) is 13.0. The fourth-order valence-corrected chi connectivity index (χ4v) is 3.74. The Balaban J connectivity index is 1.80. The number of hydrogen-bond acceptors (Lipinski definition) is 4. The van der Waals surface area contributed by atoms with E-state index in [1.165, 1.54) is 12.1 Å². The van der Waals surface area contributed by atoms with Gasteiger partial charge in [0, 0.05) is 11.0 Å². The predicted octanol–water partition coefficient (Wildman–Crippen LogP) is 4.44. The molecule has 0 aliphatic rings. The maximum atomic E-state index is 13.9. The van der Waals surface area contributed by atoms with E-state index in [0.29, 0.717) is 27.1 Å². The number of anilines is 1. The number of hydrogen-bond donors (Lipinski definition) is 1. The average Bonchev–Trinajstić information content (AvgIpc) is 2.65. The number of thioether (sulfide) groups is 1. The molecule has 1 amide bonds. The lowest BCUT2D eigenvalue weighted by atomic mass is 10.2. The molecule has 0 radical (unpaired) electrons. The number of aromatic nitrogens is 2. The van der Waals surface area contributed by atoms with Gasteiger partial charge in [-0.2, -0.15) is 0 Å². The van der Waals surface area contributed by atoms with E-state index in [-0.39, 0.29) is 22.9 Å². The zero-order chi connectivity index (χ0) is 19.4. The van der Waals surface area contributed by atoms with Crippen molar-refractivity contribution in [1.82, 2.24) is 9.55 Å². The largest absolute Gasteiger partial charge is 0.323 e. The quantitative estimate of drug-likeness (QED) is 0.446. The van der Waals surface area contributed by atoms with Crippen molar-refractivity contribution in [3.05, 3.63) is 63.1 Å². The van der Waals surface area contributed by atoms with E-state index in [9.17, 15) is 14.0 Å². The van der Waals surface area contributed by atoms with Gasteiger partial charge < -0.3 is 5.32 Å². The molecule has 1 heterocycles. The monoisotopic (exact) mass is 449 g/mol. The van der Waals surface area contributed by atoms with Crippen molar-refractivity contribution in [1.29, 1.82) is 0 Å². The number of halogens is 2. The summed E-state index contributed by atoms with van der Waals surface area (Å²) in [7, 11) is 0. The Morgan fingerprint density at radius 3 is 2.81 bits per heavy atom. The fourth-order valence-electron chi connectivity index (χ4n) is 2.59. The molecule has 0 bridgehead atoms. The third kappa shape index (κ3) is 4.56. The highest BCUT2D eigenvalue weighted by Crippen LogP contribution is 2.21. The Morgan fingerprint density at radius 2 is 2.07 bits per heavy atom. The minimum atomic E-state index is -0.519. The van der Waals surface area contributed by atoms with Crippen molar-refractivity contribution >= 4 is 50.2 Å². The second-order valence-corrected chi connectivity index (χ2v) is 7.69. The van der Waals surface area contributed by atoms with Crippen molar-refractivity contribution in [2.24, 2.45) is 0 Å². The molecular formula is C19H17BrFN3O2S. The van der Waals surface area contributed by atoms with Crippen molar-refractivity contribution in [3.63, 3.8) is 0 Å². The summed E-state index contributed by atoms with van der Waals surface area (Å²) in [6, 6.07) is 11.6. The molecule has 1 N–H and O–H groups in total. The van der Waals surface area contributed by atoms with Crippen LogP contribution in [0.4, 0.5) is 10.1 Å². The van der Waals surface area contributed by atoms with Crippen LogP contribution < -0.4 is 10.9 Å². The van der Waals surface area contributed by atoms with Crippen molar-refractivity contribution in [2.45, 2.75) is 25.0 Å². The summed E-state index contributed by atoms with van der Waals surface area (Å²) in [5, 5.41) is 3.57. The molecule has 2 aromatic carbocycles. The standard InChI is InChI=1S/C19H17BrFN3O2S/c1-2-9-24-18(26)13-5-3-4-6-15(13)23-19(24)27-11-17(25)22-16-8-7-12(20)10-14(16)21/h3-8,10H,2,9,11H2,1H3,(H,22,25). The highest BCUT2D eigenvalue weighted by molar-refractivity contribution is 9.10. The van der Waals surface area contributed by atoms with E-state index in [2.05, 4.69) is 26.2 Å². The molecule has 0 spiro atoms. The van der Waals surface area contributed by atoms with Crippen LogP contribution in [0, 0.1) is 5.82 Å². The van der Waals surface area contributed by atoms with Crippen LogP contribution in [0.5, 0.6) is 0 Å². The summed E-state index contributed by atoms with van der Waals surface area (Å²) in [5.74, 6) is -0.870. The molecular weight excluding hydrogens is 433 g/mol. The highest BCUT2D eigenvalue weighted by Gasteiger charge is 2.14. The number of benzene rings is 2. The molecule has 3 rings (SSSR count). The van der Waals surface area contributed by atoms with Crippen LogP contribution in [0.15, 0.2) is 56.9 Å². The van der Waals surface area contributed by atoms with Crippen LogP contribution in [0.1, 0.15) is 13.3 Å². The SMILES string of the molecule is CCCn1c(SCC(=O)Nc2ccc(Br)cc2F)nc2ccccc2c1=O. The summed E-state index contributed by atoms with van der Waals surface area (Å²) in [6.07, 6.45) is 0.768. The Morgan fingerprint density at radius 1 is 1.30 bits per heavy atom. The lowest BCUT2D eigenvalue weighted by Gasteiger charge is -2.12. The van der Waals surface area contributed by atoms with E-state index in [1.54, 1.807) is 28.8 Å². The zero-order valence-corrected chi connectivity index (χ0v) is 16.9. The maximum absolute atomic E-state index is 13.9. The van der Waals surface area contributed by atoms with Gasteiger partial charge in [-0.3, -0.25) is 14.2 Å². The molecule has 140 valence electrons. The van der Waals surface area contributed by atoms with E-state index >= 15 is 0 Å². The molecule has 1 aromatic heterocycles. The van der Waals surface area contributed by atoms with Crippen molar-refractivity contribution in [2.75, 3.05) is 11.1 Å². The van der Waals surface area contributed by atoms with Crippen LogP contribution in [-0.2, 0) is 11.3 Å². The number of nitrogens with one attached hydrogen (secondary N) is 1. The normalized spacial score (nSPS) is 10.9. The molecule has 27 heavy (non-hydrogen) atoms. The van der Waals surface area contributed by atoms with Gasteiger partial charge in [-0.1, -0.05) is 46.7 Å². The lowest BCUT2D eigenvalue weighted by molar-refractivity contribution is -0.113. The molecule has 8 heteroatoms. The zero-order valence-electron chi connectivity index (χ0n) is 14.5. The molecule has 0 fully saturated rings. The first kappa shape index (κ1) is 19.6. The summed E-state index contributed by atoms with van der Waals surface area (Å²) < 4.78 is 16.0. The van der Waals surface area contributed by atoms with Gasteiger partial charge in [0.15, 0.2) is 5.16 Å². The van der Waals surface area contributed by atoms with Gasteiger partial charge in [-0.05, 0) is 36.8 Å². The molecule has 0 unspecified atom stereocenters. The van der Waals surface area contributed by atoms with E-state index in [1.807, 2.05) is 13.0 Å². The molecule has 0 atom stereocenters. The molecule has 5 nitrogen and oxygen atoms in total. The van der Waals surface area contributed by atoms with Gasteiger partial charge in [-0.15, -0.1) is 0 Å². The van der Waals surface area contributed by atoms with Gasteiger partial charge in [0.05, 0.1) is 22.3 Å². The lowest BCUT2D eigenvalue weighted by Crippen LogP contribution is -2.24.